The first kappa shape index (κ1) is 13.5. The summed E-state index contributed by atoms with van der Waals surface area (Å²) >= 11 is 0. The van der Waals surface area contributed by atoms with Crippen LogP contribution < -0.4 is 0 Å². The molecule has 1 atom stereocenters. The van der Waals surface area contributed by atoms with Crippen LogP contribution in [0.4, 0.5) is 13.2 Å². The van der Waals surface area contributed by atoms with Crippen LogP contribution in [-0.4, -0.2) is 11.2 Å². The zero-order chi connectivity index (χ0) is 13.1. The summed E-state index contributed by atoms with van der Waals surface area (Å²) in [6.07, 6.45) is -4.33. The fourth-order valence-electron chi connectivity index (χ4n) is 1.45. The number of hydrogen-bond acceptors (Lipinski definition) is 2. The minimum Gasteiger partial charge on any atom is -0.393 e. The molecule has 92 valence electrons. The van der Waals surface area contributed by atoms with E-state index in [4.69, 9.17) is 10.4 Å². The molecule has 1 aromatic rings. The molecule has 0 saturated carbocycles. The molecule has 1 rings (SSSR count). The summed E-state index contributed by atoms with van der Waals surface area (Å²) in [5.41, 5.74) is -0.821. The molecule has 1 aromatic carbocycles. The highest BCUT2D eigenvalue weighted by Gasteiger charge is 2.33. The second kappa shape index (κ2) is 5.19. The Bertz CT molecular complexity index is 432. The van der Waals surface area contributed by atoms with Gasteiger partial charge in [0.05, 0.1) is 23.3 Å². The maximum absolute atomic E-state index is 12.6. The Kier molecular flexibility index (Phi) is 4.13. The normalized spacial score (nSPS) is 13.2. The van der Waals surface area contributed by atoms with Crippen LogP contribution in [0.15, 0.2) is 18.2 Å². The molecule has 5 heteroatoms. The molecule has 1 unspecified atom stereocenters. The van der Waals surface area contributed by atoms with Gasteiger partial charge in [-0.25, -0.2) is 0 Å². The third-order valence-corrected chi connectivity index (χ3v) is 2.36. The second-order valence-corrected chi connectivity index (χ2v) is 3.88. The van der Waals surface area contributed by atoms with E-state index in [0.717, 1.165) is 6.07 Å². The average molecular weight is 243 g/mol. The molecule has 0 amide bonds. The number of nitrogens with zero attached hydrogens (tertiary/aromatic N) is 1. The summed E-state index contributed by atoms with van der Waals surface area (Å²) < 4.78 is 37.8. The van der Waals surface area contributed by atoms with Gasteiger partial charge in [0, 0.05) is 0 Å². The quantitative estimate of drug-likeness (QED) is 0.887. The highest BCUT2D eigenvalue weighted by Crippen LogP contribution is 2.32. The highest BCUT2D eigenvalue weighted by atomic mass is 19.4. The molecule has 0 bridgehead atoms. The van der Waals surface area contributed by atoms with Gasteiger partial charge in [0.15, 0.2) is 0 Å². The molecule has 0 radical (unpaired) electrons. The van der Waals surface area contributed by atoms with E-state index in [1.807, 2.05) is 0 Å². The Morgan fingerprint density at radius 1 is 1.41 bits per heavy atom. The van der Waals surface area contributed by atoms with Crippen molar-refractivity contribution in [1.82, 2.24) is 0 Å². The van der Waals surface area contributed by atoms with Crippen LogP contribution in [0.1, 0.15) is 30.0 Å². The van der Waals surface area contributed by atoms with Gasteiger partial charge in [-0.15, -0.1) is 0 Å². The molecule has 0 aliphatic carbocycles. The molecular formula is C12H12F3NO. The Balaban J connectivity index is 3.02. The molecule has 2 nitrogen and oxygen atoms in total. The van der Waals surface area contributed by atoms with Crippen molar-refractivity contribution in [2.45, 2.75) is 32.0 Å². The molecule has 0 saturated heterocycles. The number of aliphatic hydroxyl groups excluding tert-OH is 1. The van der Waals surface area contributed by atoms with Gasteiger partial charge >= 0.3 is 6.18 Å². The zero-order valence-corrected chi connectivity index (χ0v) is 9.25. The summed E-state index contributed by atoms with van der Waals surface area (Å²) in [4.78, 5) is 0. The van der Waals surface area contributed by atoms with Crippen molar-refractivity contribution in [3.8, 4) is 6.07 Å². The summed E-state index contributed by atoms with van der Waals surface area (Å²) in [5.74, 6) is 0. The van der Waals surface area contributed by atoms with E-state index in [1.165, 1.54) is 18.2 Å². The van der Waals surface area contributed by atoms with Gasteiger partial charge in [-0.2, -0.15) is 18.4 Å². The Hall–Kier alpha value is -1.54. The number of aryl methyl sites for hydroxylation is 1. The lowest BCUT2D eigenvalue weighted by Crippen LogP contribution is -2.09. The first-order valence-electron chi connectivity index (χ1n) is 5.13. The SMILES string of the molecule is CC(O)CCc1ccc(C#N)c(C(F)(F)F)c1. The van der Waals surface area contributed by atoms with Crippen molar-refractivity contribution >= 4 is 0 Å². The number of nitriles is 1. The van der Waals surface area contributed by atoms with Crippen molar-refractivity contribution in [3.05, 3.63) is 34.9 Å². The molecule has 0 heterocycles. The monoisotopic (exact) mass is 243 g/mol. The van der Waals surface area contributed by atoms with E-state index >= 15 is 0 Å². The molecular weight excluding hydrogens is 231 g/mol. The minimum atomic E-state index is -4.52. The second-order valence-electron chi connectivity index (χ2n) is 3.88. The lowest BCUT2D eigenvalue weighted by molar-refractivity contribution is -0.137. The van der Waals surface area contributed by atoms with Crippen LogP contribution in [0.5, 0.6) is 0 Å². The molecule has 1 N–H and O–H groups in total. The summed E-state index contributed by atoms with van der Waals surface area (Å²) in [7, 11) is 0. The van der Waals surface area contributed by atoms with Gasteiger partial charge in [0.25, 0.3) is 0 Å². The lowest BCUT2D eigenvalue weighted by Gasteiger charge is -2.11. The van der Waals surface area contributed by atoms with Crippen molar-refractivity contribution in [3.63, 3.8) is 0 Å². The van der Waals surface area contributed by atoms with Gasteiger partial charge in [-0.05, 0) is 37.5 Å². The van der Waals surface area contributed by atoms with Crippen LogP contribution in [0.25, 0.3) is 0 Å². The van der Waals surface area contributed by atoms with E-state index in [-0.39, 0.29) is 5.56 Å². The van der Waals surface area contributed by atoms with Gasteiger partial charge in [0.2, 0.25) is 0 Å². The van der Waals surface area contributed by atoms with E-state index < -0.39 is 17.8 Å². The lowest BCUT2D eigenvalue weighted by atomic mass is 10.0. The summed E-state index contributed by atoms with van der Waals surface area (Å²) in [6, 6.07) is 5.15. The average Bonchev–Trinajstić information content (AvgIpc) is 2.24. The zero-order valence-electron chi connectivity index (χ0n) is 9.25. The topological polar surface area (TPSA) is 44.0 Å². The van der Waals surface area contributed by atoms with Gasteiger partial charge in [0.1, 0.15) is 0 Å². The number of rotatable bonds is 3. The van der Waals surface area contributed by atoms with E-state index in [2.05, 4.69) is 0 Å². The number of alkyl halides is 3. The van der Waals surface area contributed by atoms with E-state index in [1.54, 1.807) is 6.92 Å². The highest BCUT2D eigenvalue weighted by molar-refractivity contribution is 5.42. The van der Waals surface area contributed by atoms with Gasteiger partial charge in [-0.1, -0.05) is 6.07 Å². The predicted molar refractivity (Wildman–Crippen MR) is 56.2 cm³/mol. The summed E-state index contributed by atoms with van der Waals surface area (Å²) in [6.45, 7) is 1.58. The first-order chi connectivity index (χ1) is 7.84. The number of benzene rings is 1. The Morgan fingerprint density at radius 3 is 2.53 bits per heavy atom. The number of aliphatic hydroxyl groups is 1. The number of hydrogen-bond donors (Lipinski definition) is 1. The van der Waals surface area contributed by atoms with Crippen LogP contribution in [-0.2, 0) is 12.6 Å². The Morgan fingerprint density at radius 2 is 2.06 bits per heavy atom. The third-order valence-electron chi connectivity index (χ3n) is 2.36. The Labute approximate surface area is 97.3 Å². The molecule has 0 aliphatic rings. The van der Waals surface area contributed by atoms with E-state index in [9.17, 15) is 13.2 Å². The third kappa shape index (κ3) is 3.75. The maximum atomic E-state index is 12.6. The molecule has 0 aliphatic heterocycles. The smallest absolute Gasteiger partial charge is 0.393 e. The fraction of sp³-hybridized carbons (Fsp3) is 0.417. The molecule has 0 fully saturated rings. The molecule has 0 spiro atoms. The molecule has 17 heavy (non-hydrogen) atoms. The summed E-state index contributed by atoms with van der Waals surface area (Å²) in [5, 5.41) is 17.7. The van der Waals surface area contributed by atoms with Crippen molar-refractivity contribution in [2.24, 2.45) is 0 Å². The number of halogens is 3. The van der Waals surface area contributed by atoms with Crippen molar-refractivity contribution in [1.29, 1.82) is 5.26 Å². The maximum Gasteiger partial charge on any atom is 0.417 e. The standard InChI is InChI=1S/C12H12F3NO/c1-8(17)2-3-9-4-5-10(7-16)11(6-9)12(13,14)15/h4-6,8,17H,2-3H2,1H3. The van der Waals surface area contributed by atoms with Crippen LogP contribution >= 0.6 is 0 Å². The van der Waals surface area contributed by atoms with Crippen LogP contribution in [0, 0.1) is 11.3 Å². The largest absolute Gasteiger partial charge is 0.417 e. The van der Waals surface area contributed by atoms with Crippen LogP contribution in [0.2, 0.25) is 0 Å². The van der Waals surface area contributed by atoms with Crippen molar-refractivity contribution < 1.29 is 18.3 Å². The van der Waals surface area contributed by atoms with E-state index in [0.29, 0.717) is 18.4 Å². The van der Waals surface area contributed by atoms with Gasteiger partial charge in [-0.3, -0.25) is 0 Å². The first-order valence-corrected chi connectivity index (χ1v) is 5.13. The predicted octanol–water partition coefficient (Wildman–Crippen LogP) is 2.89. The fourth-order valence-corrected chi connectivity index (χ4v) is 1.45. The minimum absolute atomic E-state index is 0.354. The van der Waals surface area contributed by atoms with Gasteiger partial charge < -0.3 is 5.11 Å². The molecule has 0 aromatic heterocycles. The van der Waals surface area contributed by atoms with Crippen molar-refractivity contribution in [2.75, 3.05) is 0 Å². The van der Waals surface area contributed by atoms with Crippen LogP contribution in [0.3, 0.4) is 0 Å².